The van der Waals surface area contributed by atoms with Crippen LogP contribution in [0.3, 0.4) is 0 Å². The zero-order valence-corrected chi connectivity index (χ0v) is 11.0. The highest BCUT2D eigenvalue weighted by Gasteiger charge is 2.22. The molecule has 1 atom stereocenters. The van der Waals surface area contributed by atoms with Crippen LogP contribution in [0.4, 0.5) is 8.78 Å². The number of carbonyl (C=O) groups excluding carboxylic acids is 1. The maximum atomic E-state index is 13.5. The molecule has 5 heteroatoms. The van der Waals surface area contributed by atoms with Crippen molar-refractivity contribution in [3.05, 3.63) is 35.4 Å². The molecule has 98 valence electrons. The summed E-state index contributed by atoms with van der Waals surface area (Å²) >= 11 is 1.85. The summed E-state index contributed by atoms with van der Waals surface area (Å²) in [4.78, 5) is 14.0. The summed E-state index contributed by atoms with van der Waals surface area (Å²) in [5.74, 6) is 0.357. The first-order valence-electron chi connectivity index (χ1n) is 5.88. The van der Waals surface area contributed by atoms with Crippen LogP contribution in [-0.4, -0.2) is 41.3 Å². The van der Waals surface area contributed by atoms with E-state index in [1.165, 1.54) is 0 Å². The molecule has 0 bridgehead atoms. The molecule has 1 unspecified atom stereocenters. The lowest BCUT2D eigenvalue weighted by Gasteiger charge is -2.32. The molecule has 0 aromatic heterocycles. The van der Waals surface area contributed by atoms with Crippen molar-refractivity contribution in [1.82, 2.24) is 4.90 Å². The van der Waals surface area contributed by atoms with Crippen molar-refractivity contribution in [2.45, 2.75) is 13.0 Å². The lowest BCUT2D eigenvalue weighted by atomic mass is 10.1. The number of rotatable bonds is 3. The van der Waals surface area contributed by atoms with E-state index in [1.54, 1.807) is 0 Å². The molecule has 1 saturated heterocycles. The summed E-state index contributed by atoms with van der Waals surface area (Å²) in [5.41, 5.74) is -0.152. The van der Waals surface area contributed by atoms with Crippen LogP contribution in [-0.2, 0) is 0 Å². The van der Waals surface area contributed by atoms with E-state index in [9.17, 15) is 13.6 Å². The van der Waals surface area contributed by atoms with Crippen LogP contribution < -0.4 is 0 Å². The fraction of sp³-hybridized carbons (Fsp3) is 0.462. The van der Waals surface area contributed by atoms with E-state index in [2.05, 4.69) is 0 Å². The van der Waals surface area contributed by atoms with Crippen LogP contribution in [0.15, 0.2) is 18.2 Å². The molecule has 0 spiro atoms. The molecule has 0 saturated carbocycles. The Hall–Kier alpha value is -0.940. The molecule has 0 amide bonds. The highest BCUT2D eigenvalue weighted by Crippen LogP contribution is 2.17. The van der Waals surface area contributed by atoms with Gasteiger partial charge in [0.05, 0.1) is 12.1 Å². The molecule has 1 fully saturated rings. The SMILES string of the molecule is CC1CSCCN1CC(=O)c1cc(F)ccc1F. The van der Waals surface area contributed by atoms with E-state index in [0.717, 1.165) is 36.2 Å². The van der Waals surface area contributed by atoms with Crippen molar-refractivity contribution in [3.63, 3.8) is 0 Å². The Morgan fingerprint density at radius 1 is 1.50 bits per heavy atom. The number of halogens is 2. The average molecular weight is 271 g/mol. The molecule has 0 aliphatic carbocycles. The third kappa shape index (κ3) is 3.09. The monoisotopic (exact) mass is 271 g/mol. The van der Waals surface area contributed by atoms with Gasteiger partial charge in [0.25, 0.3) is 0 Å². The van der Waals surface area contributed by atoms with Gasteiger partial charge in [0, 0.05) is 24.1 Å². The molecule has 0 N–H and O–H groups in total. The van der Waals surface area contributed by atoms with Crippen molar-refractivity contribution in [2.24, 2.45) is 0 Å². The van der Waals surface area contributed by atoms with Crippen LogP contribution in [0.25, 0.3) is 0 Å². The van der Waals surface area contributed by atoms with Gasteiger partial charge in [-0.05, 0) is 25.1 Å². The second-order valence-electron chi connectivity index (χ2n) is 4.44. The van der Waals surface area contributed by atoms with Gasteiger partial charge in [0.1, 0.15) is 11.6 Å². The first-order chi connectivity index (χ1) is 8.58. The van der Waals surface area contributed by atoms with Crippen LogP contribution in [0.1, 0.15) is 17.3 Å². The first kappa shape index (κ1) is 13.5. The molecule has 0 radical (unpaired) electrons. The Bertz CT molecular complexity index is 453. The van der Waals surface area contributed by atoms with Crippen molar-refractivity contribution < 1.29 is 13.6 Å². The van der Waals surface area contributed by atoms with Crippen molar-refractivity contribution in [3.8, 4) is 0 Å². The predicted octanol–water partition coefficient (Wildman–Crippen LogP) is 2.58. The van der Waals surface area contributed by atoms with Gasteiger partial charge in [-0.25, -0.2) is 8.78 Å². The second kappa shape index (κ2) is 5.80. The number of thioether (sulfide) groups is 1. The summed E-state index contributed by atoms with van der Waals surface area (Å²) in [6.07, 6.45) is 0. The second-order valence-corrected chi connectivity index (χ2v) is 5.59. The Kier molecular flexibility index (Phi) is 4.35. The average Bonchev–Trinajstić information content (AvgIpc) is 2.35. The standard InChI is InChI=1S/C13H15F2NOS/c1-9-8-18-5-4-16(9)7-13(17)11-6-10(14)2-3-12(11)15/h2-3,6,9H,4-5,7-8H2,1H3. The van der Waals surface area contributed by atoms with Gasteiger partial charge in [0.2, 0.25) is 0 Å². The maximum Gasteiger partial charge on any atom is 0.179 e. The maximum absolute atomic E-state index is 13.5. The molecule has 1 heterocycles. The van der Waals surface area contributed by atoms with Gasteiger partial charge in [-0.3, -0.25) is 9.69 Å². The molecule has 1 aliphatic rings. The first-order valence-corrected chi connectivity index (χ1v) is 7.03. The molecule has 1 aliphatic heterocycles. The lowest BCUT2D eigenvalue weighted by molar-refractivity contribution is 0.0906. The van der Waals surface area contributed by atoms with E-state index >= 15 is 0 Å². The van der Waals surface area contributed by atoms with Gasteiger partial charge in [-0.2, -0.15) is 11.8 Å². The molecule has 2 rings (SSSR count). The number of hydrogen-bond donors (Lipinski definition) is 0. The fourth-order valence-corrected chi connectivity index (χ4v) is 3.06. The van der Waals surface area contributed by atoms with Gasteiger partial charge in [0.15, 0.2) is 5.78 Å². The summed E-state index contributed by atoms with van der Waals surface area (Å²) in [6, 6.07) is 3.29. The quantitative estimate of drug-likeness (QED) is 0.788. The highest BCUT2D eigenvalue weighted by molar-refractivity contribution is 7.99. The largest absolute Gasteiger partial charge is 0.293 e. The number of hydrogen-bond acceptors (Lipinski definition) is 3. The number of benzene rings is 1. The number of nitrogens with zero attached hydrogens (tertiary/aromatic N) is 1. The van der Waals surface area contributed by atoms with Gasteiger partial charge in [-0.15, -0.1) is 0 Å². The van der Waals surface area contributed by atoms with Crippen LogP contribution in [0, 0.1) is 11.6 Å². The summed E-state index contributed by atoms with van der Waals surface area (Å²) in [5, 5.41) is 0. The van der Waals surface area contributed by atoms with Crippen molar-refractivity contribution >= 4 is 17.5 Å². The summed E-state index contributed by atoms with van der Waals surface area (Å²) in [7, 11) is 0. The fourth-order valence-electron chi connectivity index (χ4n) is 1.98. The van der Waals surface area contributed by atoms with Crippen LogP contribution >= 0.6 is 11.8 Å². The molecular weight excluding hydrogens is 256 g/mol. The molecule has 18 heavy (non-hydrogen) atoms. The Morgan fingerprint density at radius 2 is 2.28 bits per heavy atom. The number of Topliss-reactive ketones (excluding diaryl/α,β-unsaturated/α-hetero) is 1. The van der Waals surface area contributed by atoms with Gasteiger partial charge in [-0.1, -0.05) is 0 Å². The summed E-state index contributed by atoms with van der Waals surface area (Å²) < 4.78 is 26.5. The Morgan fingerprint density at radius 3 is 3.00 bits per heavy atom. The van der Waals surface area contributed by atoms with Crippen LogP contribution in [0.5, 0.6) is 0 Å². The van der Waals surface area contributed by atoms with Gasteiger partial charge >= 0.3 is 0 Å². The smallest absolute Gasteiger partial charge is 0.179 e. The van der Waals surface area contributed by atoms with E-state index in [1.807, 2.05) is 23.6 Å². The van der Waals surface area contributed by atoms with E-state index in [4.69, 9.17) is 0 Å². The summed E-state index contributed by atoms with van der Waals surface area (Å²) in [6.45, 7) is 3.01. The zero-order valence-electron chi connectivity index (χ0n) is 10.2. The predicted molar refractivity (Wildman–Crippen MR) is 69.0 cm³/mol. The minimum absolute atomic E-state index is 0.152. The van der Waals surface area contributed by atoms with Gasteiger partial charge < -0.3 is 0 Å². The molecule has 1 aromatic carbocycles. The third-order valence-electron chi connectivity index (χ3n) is 3.08. The third-order valence-corrected chi connectivity index (χ3v) is 4.27. The minimum Gasteiger partial charge on any atom is -0.293 e. The topological polar surface area (TPSA) is 20.3 Å². The highest BCUT2D eigenvalue weighted by atomic mass is 32.2. The van der Waals surface area contributed by atoms with Crippen molar-refractivity contribution in [2.75, 3.05) is 24.6 Å². The normalized spacial score (nSPS) is 20.9. The van der Waals surface area contributed by atoms with E-state index < -0.39 is 11.6 Å². The van der Waals surface area contributed by atoms with Crippen molar-refractivity contribution in [1.29, 1.82) is 0 Å². The Labute approximate surface area is 109 Å². The van der Waals surface area contributed by atoms with E-state index in [-0.39, 0.29) is 17.9 Å². The molecular formula is C13H15F2NOS. The minimum atomic E-state index is -0.652. The molecule has 2 nitrogen and oxygen atoms in total. The number of carbonyl (C=O) groups is 1. The lowest BCUT2D eigenvalue weighted by Crippen LogP contribution is -2.43. The Balaban J connectivity index is 2.09. The zero-order chi connectivity index (χ0) is 13.1. The van der Waals surface area contributed by atoms with Crippen LogP contribution in [0.2, 0.25) is 0 Å². The molecule has 1 aromatic rings. The number of ketones is 1. The van der Waals surface area contributed by atoms with E-state index in [0.29, 0.717) is 6.04 Å².